The van der Waals surface area contributed by atoms with Gasteiger partial charge in [0.2, 0.25) is 0 Å². The molecule has 1 saturated heterocycles. The van der Waals surface area contributed by atoms with Gasteiger partial charge in [-0.05, 0) is 36.8 Å². The zero-order valence-corrected chi connectivity index (χ0v) is 10.4. The number of phenolic OH excluding ortho intramolecular Hbond substituents is 1. The third-order valence-corrected chi connectivity index (χ3v) is 3.99. The lowest BCUT2D eigenvalue weighted by Gasteiger charge is -2.28. The van der Waals surface area contributed by atoms with Crippen LogP contribution in [0.5, 0.6) is 11.5 Å². The summed E-state index contributed by atoms with van der Waals surface area (Å²) in [7, 11) is 1.57. The zero-order chi connectivity index (χ0) is 11.5. The fourth-order valence-electron chi connectivity index (χ4n) is 1.80. The van der Waals surface area contributed by atoms with Gasteiger partial charge in [-0.2, -0.15) is 0 Å². The van der Waals surface area contributed by atoms with Crippen LogP contribution in [0.3, 0.4) is 0 Å². The number of hydrogen-bond acceptors (Lipinski definition) is 4. The Morgan fingerprint density at radius 3 is 3.00 bits per heavy atom. The Labute approximate surface area is 100 Å². The Kier molecular flexibility index (Phi) is 3.61. The van der Waals surface area contributed by atoms with E-state index in [1.807, 2.05) is 23.9 Å². The van der Waals surface area contributed by atoms with Crippen LogP contribution in [-0.4, -0.2) is 24.0 Å². The van der Waals surface area contributed by atoms with Crippen LogP contribution in [0.4, 0.5) is 0 Å². The van der Waals surface area contributed by atoms with Gasteiger partial charge in [0.25, 0.3) is 0 Å². The summed E-state index contributed by atoms with van der Waals surface area (Å²) in [6.45, 7) is 2.20. The Hall–Kier alpha value is -0.870. The molecule has 0 bridgehead atoms. The molecule has 1 aliphatic heterocycles. The molecule has 0 aromatic heterocycles. The molecular weight excluding hydrogens is 222 g/mol. The quantitative estimate of drug-likeness (QED) is 0.832. The molecule has 1 aliphatic rings. The fourth-order valence-corrected chi connectivity index (χ4v) is 3.20. The second-order valence-corrected chi connectivity index (χ2v) is 5.25. The topological polar surface area (TPSA) is 41.5 Å². The SMILES string of the molecule is COc1cc(C2NC(C)CCS2)ccc1O. The van der Waals surface area contributed by atoms with E-state index in [0.717, 1.165) is 5.56 Å². The van der Waals surface area contributed by atoms with Crippen molar-refractivity contribution in [1.82, 2.24) is 5.32 Å². The van der Waals surface area contributed by atoms with E-state index in [0.29, 0.717) is 17.2 Å². The normalized spacial score (nSPS) is 25.4. The molecule has 1 aromatic carbocycles. The van der Waals surface area contributed by atoms with E-state index < -0.39 is 0 Å². The summed E-state index contributed by atoms with van der Waals surface area (Å²) < 4.78 is 5.12. The number of nitrogens with one attached hydrogen (secondary N) is 1. The number of benzene rings is 1. The lowest BCUT2D eigenvalue weighted by molar-refractivity contribution is 0.372. The third-order valence-electron chi connectivity index (χ3n) is 2.78. The van der Waals surface area contributed by atoms with Crippen LogP contribution in [0.2, 0.25) is 0 Å². The smallest absolute Gasteiger partial charge is 0.160 e. The van der Waals surface area contributed by atoms with Crippen LogP contribution in [0.1, 0.15) is 24.3 Å². The van der Waals surface area contributed by atoms with Crippen LogP contribution >= 0.6 is 11.8 Å². The minimum Gasteiger partial charge on any atom is -0.504 e. The number of phenols is 1. The highest BCUT2D eigenvalue weighted by Gasteiger charge is 2.20. The van der Waals surface area contributed by atoms with E-state index in [9.17, 15) is 5.11 Å². The third kappa shape index (κ3) is 2.44. The monoisotopic (exact) mass is 239 g/mol. The first-order valence-electron chi connectivity index (χ1n) is 5.45. The standard InChI is InChI=1S/C12H17NO2S/c1-8-5-6-16-12(13-8)9-3-4-10(14)11(7-9)15-2/h3-4,7-8,12-14H,5-6H2,1-2H3. The molecule has 2 rings (SSSR count). The van der Waals surface area contributed by atoms with Gasteiger partial charge in [0, 0.05) is 6.04 Å². The van der Waals surface area contributed by atoms with E-state index in [1.165, 1.54) is 12.2 Å². The minimum atomic E-state index is 0.195. The predicted octanol–water partition coefficient (Wildman–Crippen LogP) is 2.51. The van der Waals surface area contributed by atoms with Crippen molar-refractivity contribution >= 4 is 11.8 Å². The molecule has 2 atom stereocenters. The lowest BCUT2D eigenvalue weighted by atomic mass is 10.1. The first-order chi connectivity index (χ1) is 7.70. The average Bonchev–Trinajstić information content (AvgIpc) is 2.29. The Morgan fingerprint density at radius 2 is 2.31 bits per heavy atom. The summed E-state index contributed by atoms with van der Waals surface area (Å²) in [5.41, 5.74) is 1.16. The maximum atomic E-state index is 9.53. The fraction of sp³-hybridized carbons (Fsp3) is 0.500. The molecule has 0 radical (unpaired) electrons. The number of methoxy groups -OCH3 is 1. The van der Waals surface area contributed by atoms with Crippen molar-refractivity contribution in [1.29, 1.82) is 0 Å². The van der Waals surface area contributed by atoms with E-state index >= 15 is 0 Å². The van der Waals surface area contributed by atoms with Crippen LogP contribution < -0.4 is 10.1 Å². The van der Waals surface area contributed by atoms with E-state index in [-0.39, 0.29) is 5.75 Å². The van der Waals surface area contributed by atoms with Gasteiger partial charge in [-0.3, -0.25) is 5.32 Å². The summed E-state index contributed by atoms with van der Waals surface area (Å²) in [5.74, 6) is 1.90. The van der Waals surface area contributed by atoms with Gasteiger partial charge in [-0.1, -0.05) is 6.07 Å². The summed E-state index contributed by atoms with van der Waals surface area (Å²) >= 11 is 1.90. The van der Waals surface area contributed by atoms with Gasteiger partial charge < -0.3 is 9.84 Å². The molecule has 88 valence electrons. The van der Waals surface area contributed by atoms with Crippen molar-refractivity contribution < 1.29 is 9.84 Å². The lowest BCUT2D eigenvalue weighted by Crippen LogP contribution is -2.33. The van der Waals surface area contributed by atoms with Crippen molar-refractivity contribution in [3.63, 3.8) is 0 Å². The predicted molar refractivity (Wildman–Crippen MR) is 67.1 cm³/mol. The molecule has 0 aliphatic carbocycles. The molecule has 4 heteroatoms. The Bertz CT molecular complexity index is 370. The highest BCUT2D eigenvalue weighted by molar-refractivity contribution is 7.99. The second kappa shape index (κ2) is 4.97. The van der Waals surface area contributed by atoms with Crippen molar-refractivity contribution in [2.45, 2.75) is 24.8 Å². The molecule has 3 nitrogen and oxygen atoms in total. The van der Waals surface area contributed by atoms with Crippen molar-refractivity contribution in [2.24, 2.45) is 0 Å². The van der Waals surface area contributed by atoms with Crippen LogP contribution in [0.25, 0.3) is 0 Å². The van der Waals surface area contributed by atoms with E-state index in [4.69, 9.17) is 4.74 Å². The van der Waals surface area contributed by atoms with E-state index in [2.05, 4.69) is 12.2 Å². The van der Waals surface area contributed by atoms with Crippen LogP contribution in [0, 0.1) is 0 Å². The van der Waals surface area contributed by atoms with Gasteiger partial charge in [-0.25, -0.2) is 0 Å². The summed E-state index contributed by atoms with van der Waals surface area (Å²) in [6, 6.07) is 6.08. The molecule has 0 spiro atoms. The summed E-state index contributed by atoms with van der Waals surface area (Å²) in [6.07, 6.45) is 1.20. The highest BCUT2D eigenvalue weighted by Crippen LogP contribution is 2.35. The Morgan fingerprint density at radius 1 is 1.50 bits per heavy atom. The number of thioether (sulfide) groups is 1. The zero-order valence-electron chi connectivity index (χ0n) is 9.56. The van der Waals surface area contributed by atoms with Gasteiger partial charge in [0.1, 0.15) is 0 Å². The number of hydrogen-bond donors (Lipinski definition) is 2. The first-order valence-corrected chi connectivity index (χ1v) is 6.50. The van der Waals surface area contributed by atoms with Crippen molar-refractivity contribution in [2.75, 3.05) is 12.9 Å². The van der Waals surface area contributed by atoms with Crippen LogP contribution in [0.15, 0.2) is 18.2 Å². The average molecular weight is 239 g/mol. The summed E-state index contributed by atoms with van der Waals surface area (Å²) in [4.78, 5) is 0. The largest absolute Gasteiger partial charge is 0.504 e. The molecule has 0 amide bonds. The Balaban J connectivity index is 2.19. The van der Waals surface area contributed by atoms with Gasteiger partial charge in [0.15, 0.2) is 11.5 Å². The maximum absolute atomic E-state index is 9.53. The maximum Gasteiger partial charge on any atom is 0.160 e. The highest BCUT2D eigenvalue weighted by atomic mass is 32.2. The van der Waals surface area contributed by atoms with Gasteiger partial charge in [-0.15, -0.1) is 11.8 Å². The second-order valence-electron chi connectivity index (χ2n) is 4.04. The molecule has 1 aromatic rings. The van der Waals surface area contributed by atoms with Gasteiger partial charge >= 0.3 is 0 Å². The first kappa shape index (κ1) is 11.6. The van der Waals surface area contributed by atoms with Crippen molar-refractivity contribution in [3.8, 4) is 11.5 Å². The van der Waals surface area contributed by atoms with Crippen molar-refractivity contribution in [3.05, 3.63) is 23.8 Å². The molecule has 1 fully saturated rings. The molecule has 2 unspecified atom stereocenters. The summed E-state index contributed by atoms with van der Waals surface area (Å²) in [5, 5.41) is 13.4. The molecule has 2 N–H and O–H groups in total. The molecule has 1 heterocycles. The number of aromatic hydroxyl groups is 1. The molecule has 0 saturated carbocycles. The number of rotatable bonds is 2. The minimum absolute atomic E-state index is 0.195. The van der Waals surface area contributed by atoms with Gasteiger partial charge in [0.05, 0.1) is 12.5 Å². The molecular formula is C12H17NO2S. The molecule has 16 heavy (non-hydrogen) atoms. The number of ether oxygens (including phenoxy) is 1. The van der Waals surface area contributed by atoms with Crippen LogP contribution in [-0.2, 0) is 0 Å². The van der Waals surface area contributed by atoms with E-state index in [1.54, 1.807) is 13.2 Å².